The van der Waals surface area contributed by atoms with Crippen molar-refractivity contribution in [2.75, 3.05) is 0 Å². The monoisotopic (exact) mass is 273 g/mol. The number of para-hydroxylation sites is 1. The predicted molar refractivity (Wildman–Crippen MR) is 72.9 cm³/mol. The Kier molecular flexibility index (Phi) is 2.95. The first kappa shape index (κ1) is 11.2. The Morgan fingerprint density at radius 1 is 1.28 bits per heavy atom. The van der Waals surface area contributed by atoms with Gasteiger partial charge < -0.3 is 0 Å². The number of rotatable bonds is 3. The van der Waals surface area contributed by atoms with Gasteiger partial charge in [-0.2, -0.15) is 0 Å². The number of nitrogens with zero attached hydrogens (tertiary/aromatic N) is 3. The van der Waals surface area contributed by atoms with E-state index in [1.807, 2.05) is 24.3 Å². The Labute approximate surface area is 111 Å². The molecule has 4 nitrogen and oxygen atoms in total. The maximum Gasteiger partial charge on any atom is 0.214 e. The van der Waals surface area contributed by atoms with Gasteiger partial charge in [-0.25, -0.2) is 4.98 Å². The summed E-state index contributed by atoms with van der Waals surface area (Å²) in [6.07, 6.45) is 3.13. The van der Waals surface area contributed by atoms with Gasteiger partial charge in [-0.1, -0.05) is 16.6 Å². The third-order valence-electron chi connectivity index (χ3n) is 2.29. The number of hydrogen-bond acceptors (Lipinski definition) is 6. The fourth-order valence-corrected chi connectivity index (χ4v) is 2.76. The normalized spacial score (nSPS) is 11.3. The molecule has 0 aliphatic heterocycles. The summed E-state index contributed by atoms with van der Waals surface area (Å²) in [6.45, 7) is 0. The SMILES string of the molecule is O=C(C=Cc1csnn1)c1nc2ccccc2s1. The van der Waals surface area contributed by atoms with Crippen molar-refractivity contribution in [3.63, 3.8) is 0 Å². The summed E-state index contributed by atoms with van der Waals surface area (Å²) < 4.78 is 4.74. The lowest BCUT2D eigenvalue weighted by Crippen LogP contribution is -1.92. The van der Waals surface area contributed by atoms with Crippen LogP contribution in [0, 0.1) is 0 Å². The molecule has 0 bridgehead atoms. The van der Waals surface area contributed by atoms with Crippen LogP contribution >= 0.6 is 22.9 Å². The number of fused-ring (bicyclic) bond motifs is 1. The van der Waals surface area contributed by atoms with E-state index in [1.165, 1.54) is 28.9 Å². The zero-order chi connectivity index (χ0) is 12.4. The average Bonchev–Trinajstić information content (AvgIpc) is 3.04. The first-order valence-corrected chi connectivity index (χ1v) is 6.83. The topological polar surface area (TPSA) is 55.7 Å². The summed E-state index contributed by atoms with van der Waals surface area (Å²) in [5.41, 5.74) is 1.55. The van der Waals surface area contributed by atoms with Gasteiger partial charge >= 0.3 is 0 Å². The van der Waals surface area contributed by atoms with Gasteiger partial charge in [0.15, 0.2) is 5.01 Å². The van der Waals surface area contributed by atoms with Crippen molar-refractivity contribution in [1.29, 1.82) is 0 Å². The van der Waals surface area contributed by atoms with Gasteiger partial charge in [0.2, 0.25) is 5.78 Å². The van der Waals surface area contributed by atoms with Crippen molar-refractivity contribution in [2.24, 2.45) is 0 Å². The van der Waals surface area contributed by atoms with Crippen LogP contribution in [-0.2, 0) is 0 Å². The second-order valence-electron chi connectivity index (χ2n) is 3.51. The largest absolute Gasteiger partial charge is 0.287 e. The van der Waals surface area contributed by atoms with Crippen LogP contribution in [0.3, 0.4) is 0 Å². The lowest BCUT2D eigenvalue weighted by Gasteiger charge is -1.85. The van der Waals surface area contributed by atoms with E-state index in [0.29, 0.717) is 10.7 Å². The number of ketones is 1. The second kappa shape index (κ2) is 4.75. The Balaban J connectivity index is 1.88. The molecule has 0 amide bonds. The second-order valence-corrected chi connectivity index (χ2v) is 5.15. The molecule has 2 aromatic heterocycles. The van der Waals surface area contributed by atoms with Gasteiger partial charge in [0.1, 0.15) is 0 Å². The lowest BCUT2D eigenvalue weighted by atomic mass is 10.3. The third-order valence-corrected chi connectivity index (χ3v) is 3.86. The zero-order valence-electron chi connectivity index (χ0n) is 9.11. The van der Waals surface area contributed by atoms with Crippen LogP contribution in [0.5, 0.6) is 0 Å². The molecular formula is C12H7N3OS2. The van der Waals surface area contributed by atoms with E-state index in [1.54, 1.807) is 11.5 Å². The Bertz CT molecular complexity index is 683. The van der Waals surface area contributed by atoms with Crippen LogP contribution < -0.4 is 0 Å². The molecule has 0 N–H and O–H groups in total. The molecule has 2 heterocycles. The van der Waals surface area contributed by atoms with Gasteiger partial charge in [0.25, 0.3) is 0 Å². The van der Waals surface area contributed by atoms with Crippen LogP contribution in [0.15, 0.2) is 35.7 Å². The minimum Gasteiger partial charge on any atom is -0.287 e. The first-order valence-electron chi connectivity index (χ1n) is 5.18. The Morgan fingerprint density at radius 2 is 2.17 bits per heavy atom. The Morgan fingerprint density at radius 3 is 2.94 bits per heavy atom. The molecule has 0 aliphatic rings. The van der Waals surface area contributed by atoms with E-state index in [2.05, 4.69) is 14.6 Å². The Hall–Kier alpha value is -1.92. The van der Waals surface area contributed by atoms with Crippen molar-refractivity contribution in [2.45, 2.75) is 0 Å². The minimum absolute atomic E-state index is 0.107. The van der Waals surface area contributed by atoms with E-state index in [9.17, 15) is 4.79 Å². The van der Waals surface area contributed by atoms with E-state index < -0.39 is 0 Å². The molecule has 18 heavy (non-hydrogen) atoms. The van der Waals surface area contributed by atoms with Crippen molar-refractivity contribution >= 4 is 44.9 Å². The zero-order valence-corrected chi connectivity index (χ0v) is 10.7. The lowest BCUT2D eigenvalue weighted by molar-refractivity contribution is 0.104. The number of aromatic nitrogens is 3. The van der Waals surface area contributed by atoms with Crippen LogP contribution in [0.1, 0.15) is 15.5 Å². The highest BCUT2D eigenvalue weighted by molar-refractivity contribution is 7.20. The van der Waals surface area contributed by atoms with E-state index in [-0.39, 0.29) is 5.78 Å². The molecule has 0 unspecified atom stereocenters. The molecule has 3 rings (SSSR count). The molecule has 88 valence electrons. The number of carbonyl (C=O) groups excluding carboxylic acids is 1. The summed E-state index contributed by atoms with van der Waals surface area (Å²) in [6, 6.07) is 7.70. The van der Waals surface area contributed by atoms with Crippen molar-refractivity contribution in [3.05, 3.63) is 46.4 Å². The fraction of sp³-hybridized carbons (Fsp3) is 0. The molecule has 1 aromatic carbocycles. The number of carbonyl (C=O) groups is 1. The molecular weight excluding hydrogens is 266 g/mol. The smallest absolute Gasteiger partial charge is 0.214 e. The summed E-state index contributed by atoms with van der Waals surface area (Å²) >= 11 is 2.65. The number of thiazole rings is 1. The fourth-order valence-electron chi connectivity index (χ4n) is 1.45. The molecule has 0 spiro atoms. The van der Waals surface area contributed by atoms with Gasteiger partial charge in [0.05, 0.1) is 15.9 Å². The quantitative estimate of drug-likeness (QED) is 0.543. The van der Waals surface area contributed by atoms with Gasteiger partial charge in [-0.05, 0) is 35.8 Å². The maximum absolute atomic E-state index is 11.9. The summed E-state index contributed by atoms with van der Waals surface area (Å²) in [5, 5.41) is 6.11. The molecule has 0 fully saturated rings. The highest BCUT2D eigenvalue weighted by Gasteiger charge is 2.08. The summed E-state index contributed by atoms with van der Waals surface area (Å²) in [7, 11) is 0. The van der Waals surface area contributed by atoms with Gasteiger partial charge in [-0.15, -0.1) is 16.4 Å². The minimum atomic E-state index is -0.107. The molecule has 0 radical (unpaired) electrons. The molecule has 0 saturated carbocycles. The van der Waals surface area contributed by atoms with Crippen molar-refractivity contribution in [1.82, 2.24) is 14.6 Å². The van der Waals surface area contributed by atoms with Crippen molar-refractivity contribution < 1.29 is 4.79 Å². The number of hydrogen-bond donors (Lipinski definition) is 0. The molecule has 6 heteroatoms. The first-order chi connectivity index (χ1) is 8.83. The third kappa shape index (κ3) is 2.20. The molecule has 0 aliphatic carbocycles. The maximum atomic E-state index is 11.9. The molecule has 0 saturated heterocycles. The van der Waals surface area contributed by atoms with Gasteiger partial charge in [0, 0.05) is 5.38 Å². The van der Waals surface area contributed by atoms with Crippen LogP contribution in [0.25, 0.3) is 16.3 Å². The number of allylic oxidation sites excluding steroid dienone is 1. The molecule has 0 atom stereocenters. The highest BCUT2D eigenvalue weighted by atomic mass is 32.1. The number of benzene rings is 1. The van der Waals surface area contributed by atoms with Gasteiger partial charge in [-0.3, -0.25) is 4.79 Å². The summed E-state index contributed by atoms with van der Waals surface area (Å²) in [5.74, 6) is -0.107. The standard InChI is InChI=1S/C12H7N3OS2/c16-10(6-5-8-7-17-15-14-8)12-13-9-3-1-2-4-11(9)18-12/h1-7H. The molecule has 3 aromatic rings. The van der Waals surface area contributed by atoms with Crippen LogP contribution in [-0.4, -0.2) is 20.4 Å². The van der Waals surface area contributed by atoms with E-state index >= 15 is 0 Å². The highest BCUT2D eigenvalue weighted by Crippen LogP contribution is 2.22. The van der Waals surface area contributed by atoms with Crippen molar-refractivity contribution in [3.8, 4) is 0 Å². The summed E-state index contributed by atoms with van der Waals surface area (Å²) in [4.78, 5) is 16.2. The van der Waals surface area contributed by atoms with E-state index in [4.69, 9.17) is 0 Å². The average molecular weight is 273 g/mol. The van der Waals surface area contributed by atoms with Crippen LogP contribution in [0.4, 0.5) is 0 Å². The predicted octanol–water partition coefficient (Wildman–Crippen LogP) is 3.04. The van der Waals surface area contributed by atoms with E-state index in [0.717, 1.165) is 10.2 Å². The van der Waals surface area contributed by atoms with Crippen LogP contribution in [0.2, 0.25) is 0 Å².